The van der Waals surface area contributed by atoms with Gasteiger partial charge in [-0.2, -0.15) is 0 Å². The third-order valence-electron chi connectivity index (χ3n) is 4.10. The molecule has 7 heteroatoms. The van der Waals surface area contributed by atoms with Gasteiger partial charge >= 0.3 is 0 Å². The van der Waals surface area contributed by atoms with Crippen molar-refractivity contribution in [1.29, 1.82) is 0 Å². The summed E-state index contributed by atoms with van der Waals surface area (Å²) in [6.07, 6.45) is 1.58. The Hall–Kier alpha value is -2.93. The Bertz CT molecular complexity index is 1080. The summed E-state index contributed by atoms with van der Waals surface area (Å²) in [6.45, 7) is 2.00. The first-order chi connectivity index (χ1) is 13.1. The zero-order chi connectivity index (χ0) is 18.8. The number of para-hydroxylation sites is 1. The average Bonchev–Trinajstić information content (AvgIpc) is 3.31. The highest BCUT2D eigenvalue weighted by atomic mass is 32.2. The fourth-order valence-corrected chi connectivity index (χ4v) is 3.67. The largest absolute Gasteiger partial charge is 0.461 e. The van der Waals surface area contributed by atoms with Gasteiger partial charge in [-0.15, -0.1) is 10.2 Å². The zero-order valence-corrected chi connectivity index (χ0v) is 15.2. The monoisotopic (exact) mass is 383 g/mol. The summed E-state index contributed by atoms with van der Waals surface area (Å²) in [4.78, 5) is 0. The number of furan rings is 1. The van der Waals surface area contributed by atoms with E-state index in [1.54, 1.807) is 12.3 Å². The minimum absolute atomic E-state index is 0.300. The van der Waals surface area contributed by atoms with Gasteiger partial charge in [0.05, 0.1) is 12.0 Å². The van der Waals surface area contributed by atoms with E-state index < -0.39 is 11.6 Å². The van der Waals surface area contributed by atoms with Gasteiger partial charge in [-0.1, -0.05) is 36.0 Å². The van der Waals surface area contributed by atoms with Crippen molar-refractivity contribution in [2.75, 3.05) is 0 Å². The molecule has 0 spiro atoms. The molecule has 136 valence electrons. The van der Waals surface area contributed by atoms with Crippen LogP contribution in [0.2, 0.25) is 0 Å². The first-order valence-corrected chi connectivity index (χ1v) is 9.24. The Kier molecular flexibility index (Phi) is 4.77. The van der Waals surface area contributed by atoms with Gasteiger partial charge in [0.15, 0.2) is 10.9 Å². The van der Waals surface area contributed by atoms with Crippen molar-refractivity contribution in [3.8, 4) is 17.3 Å². The van der Waals surface area contributed by atoms with Crippen LogP contribution in [-0.4, -0.2) is 14.8 Å². The molecule has 4 aromatic rings. The molecule has 0 radical (unpaired) electrons. The molecule has 0 saturated carbocycles. The second-order valence-corrected chi connectivity index (χ2v) is 6.87. The van der Waals surface area contributed by atoms with Gasteiger partial charge in [0.2, 0.25) is 5.82 Å². The van der Waals surface area contributed by atoms with E-state index in [2.05, 4.69) is 10.2 Å². The third kappa shape index (κ3) is 3.50. The number of aromatic nitrogens is 3. The van der Waals surface area contributed by atoms with Crippen LogP contribution < -0.4 is 0 Å². The highest BCUT2D eigenvalue weighted by Gasteiger charge is 2.19. The number of rotatable bonds is 5. The molecule has 4 rings (SSSR count). The fourth-order valence-electron chi connectivity index (χ4n) is 2.74. The Labute approximate surface area is 158 Å². The molecule has 2 aromatic carbocycles. The van der Waals surface area contributed by atoms with E-state index in [1.165, 1.54) is 23.9 Å². The molecule has 0 aliphatic heterocycles. The van der Waals surface area contributed by atoms with E-state index in [0.717, 1.165) is 17.3 Å². The molecule has 0 fully saturated rings. The lowest BCUT2D eigenvalue weighted by Gasteiger charge is -2.12. The molecular formula is C20H15F2N3OS. The summed E-state index contributed by atoms with van der Waals surface area (Å²) in [5, 5.41) is 9.14. The molecule has 4 nitrogen and oxygen atoms in total. The van der Waals surface area contributed by atoms with E-state index in [1.807, 2.05) is 41.8 Å². The molecule has 0 unspecified atom stereocenters. The standard InChI is InChI=1S/C20H15F2N3OS/c1-13-5-2-3-6-17(13)25-19(18-7-4-10-26-18)23-24-20(25)27-12-14-8-9-15(21)11-16(14)22/h2-11H,12H2,1H3. The van der Waals surface area contributed by atoms with Gasteiger partial charge in [0.1, 0.15) is 11.6 Å². The SMILES string of the molecule is Cc1ccccc1-n1c(SCc2ccc(F)cc2F)nnc1-c1ccco1. The number of aryl methyl sites for hydroxylation is 1. The van der Waals surface area contributed by atoms with Crippen molar-refractivity contribution in [2.45, 2.75) is 17.8 Å². The smallest absolute Gasteiger partial charge is 0.205 e. The normalized spacial score (nSPS) is 11.1. The Balaban J connectivity index is 1.74. The highest BCUT2D eigenvalue weighted by Crippen LogP contribution is 2.31. The summed E-state index contributed by atoms with van der Waals surface area (Å²) in [6, 6.07) is 15.0. The maximum absolute atomic E-state index is 14.0. The van der Waals surface area contributed by atoms with E-state index in [9.17, 15) is 8.78 Å². The van der Waals surface area contributed by atoms with E-state index >= 15 is 0 Å². The van der Waals surface area contributed by atoms with Gasteiger partial charge in [0, 0.05) is 11.8 Å². The van der Waals surface area contributed by atoms with E-state index in [4.69, 9.17) is 4.42 Å². The van der Waals surface area contributed by atoms with Crippen LogP contribution in [0.4, 0.5) is 8.78 Å². The van der Waals surface area contributed by atoms with E-state index in [0.29, 0.717) is 28.1 Å². The summed E-state index contributed by atoms with van der Waals surface area (Å²) < 4.78 is 34.5. The van der Waals surface area contributed by atoms with Crippen LogP contribution in [0.5, 0.6) is 0 Å². The molecule has 0 bridgehead atoms. The predicted octanol–water partition coefficient (Wildman–Crippen LogP) is 5.41. The topological polar surface area (TPSA) is 43.9 Å². The van der Waals surface area contributed by atoms with Crippen molar-refractivity contribution in [2.24, 2.45) is 0 Å². The second kappa shape index (κ2) is 7.36. The number of hydrogen-bond donors (Lipinski definition) is 0. The van der Waals surface area contributed by atoms with Gasteiger partial charge in [-0.05, 0) is 42.3 Å². The molecule has 27 heavy (non-hydrogen) atoms. The van der Waals surface area contributed by atoms with Crippen LogP contribution in [0, 0.1) is 18.6 Å². The first kappa shape index (κ1) is 17.5. The molecular weight excluding hydrogens is 368 g/mol. The quantitative estimate of drug-likeness (QED) is 0.433. The predicted molar refractivity (Wildman–Crippen MR) is 99.7 cm³/mol. The van der Waals surface area contributed by atoms with Gasteiger partial charge in [-0.25, -0.2) is 8.78 Å². The molecule has 0 amide bonds. The van der Waals surface area contributed by atoms with Crippen molar-refractivity contribution < 1.29 is 13.2 Å². The van der Waals surface area contributed by atoms with Crippen LogP contribution in [0.1, 0.15) is 11.1 Å². The van der Waals surface area contributed by atoms with Crippen LogP contribution in [-0.2, 0) is 5.75 Å². The van der Waals surface area contributed by atoms with Crippen molar-refractivity contribution in [3.05, 3.63) is 83.6 Å². The highest BCUT2D eigenvalue weighted by molar-refractivity contribution is 7.98. The van der Waals surface area contributed by atoms with Gasteiger partial charge < -0.3 is 4.42 Å². The lowest BCUT2D eigenvalue weighted by molar-refractivity contribution is 0.574. The summed E-state index contributed by atoms with van der Waals surface area (Å²) in [5.41, 5.74) is 2.36. The van der Waals surface area contributed by atoms with Crippen molar-refractivity contribution in [3.63, 3.8) is 0 Å². The minimum Gasteiger partial charge on any atom is -0.461 e. The van der Waals surface area contributed by atoms with E-state index in [-0.39, 0.29) is 0 Å². The number of nitrogens with zero attached hydrogens (tertiary/aromatic N) is 3. The average molecular weight is 383 g/mol. The number of halogens is 2. The molecule has 0 N–H and O–H groups in total. The van der Waals surface area contributed by atoms with Crippen molar-refractivity contribution >= 4 is 11.8 Å². The molecule has 0 aliphatic rings. The minimum atomic E-state index is -0.593. The molecule has 0 saturated heterocycles. The van der Waals surface area contributed by atoms with Gasteiger partial charge in [0.25, 0.3) is 0 Å². The Morgan fingerprint density at radius 1 is 1.04 bits per heavy atom. The Morgan fingerprint density at radius 3 is 2.63 bits per heavy atom. The zero-order valence-electron chi connectivity index (χ0n) is 14.4. The van der Waals surface area contributed by atoms with Crippen LogP contribution >= 0.6 is 11.8 Å². The first-order valence-electron chi connectivity index (χ1n) is 8.25. The van der Waals surface area contributed by atoms with Crippen LogP contribution in [0.3, 0.4) is 0 Å². The van der Waals surface area contributed by atoms with Crippen LogP contribution in [0.25, 0.3) is 17.3 Å². The number of benzene rings is 2. The van der Waals surface area contributed by atoms with Crippen LogP contribution in [0.15, 0.2) is 70.4 Å². The third-order valence-corrected chi connectivity index (χ3v) is 5.08. The molecule has 0 aliphatic carbocycles. The lowest BCUT2D eigenvalue weighted by Crippen LogP contribution is -2.01. The molecule has 2 aromatic heterocycles. The maximum atomic E-state index is 14.0. The van der Waals surface area contributed by atoms with Gasteiger partial charge in [-0.3, -0.25) is 4.57 Å². The Morgan fingerprint density at radius 2 is 1.89 bits per heavy atom. The summed E-state index contributed by atoms with van der Waals surface area (Å²) in [5.74, 6) is 0.288. The van der Waals surface area contributed by atoms with Crippen molar-refractivity contribution in [1.82, 2.24) is 14.8 Å². The number of thioether (sulfide) groups is 1. The summed E-state index contributed by atoms with van der Waals surface area (Å²) in [7, 11) is 0. The fraction of sp³-hybridized carbons (Fsp3) is 0.100. The molecule has 2 heterocycles. The maximum Gasteiger partial charge on any atom is 0.205 e. The second-order valence-electron chi connectivity index (χ2n) is 5.93. The summed E-state index contributed by atoms with van der Waals surface area (Å²) >= 11 is 1.33. The number of hydrogen-bond acceptors (Lipinski definition) is 4. The molecule has 0 atom stereocenters. The lowest BCUT2D eigenvalue weighted by atomic mass is 10.2.